The fraction of sp³-hybridized carbons (Fsp3) is 0.381. The lowest BCUT2D eigenvalue weighted by Crippen LogP contribution is -2.23. The Morgan fingerprint density at radius 3 is 2.22 bits per heavy atom. The molecule has 146 valence electrons. The van der Waals surface area contributed by atoms with E-state index in [1.54, 1.807) is 21.3 Å². The van der Waals surface area contributed by atoms with E-state index in [2.05, 4.69) is 5.32 Å². The number of methoxy groups -OCH3 is 3. The van der Waals surface area contributed by atoms with E-state index in [4.69, 9.17) is 18.9 Å². The second-order valence-electron chi connectivity index (χ2n) is 5.85. The first-order valence-electron chi connectivity index (χ1n) is 8.89. The van der Waals surface area contributed by atoms with Crippen LogP contribution < -0.4 is 24.3 Å². The molecule has 0 saturated heterocycles. The van der Waals surface area contributed by atoms with Crippen LogP contribution in [-0.4, -0.2) is 33.8 Å². The van der Waals surface area contributed by atoms with Gasteiger partial charge < -0.3 is 24.3 Å². The SMILES string of the molecule is CCOc1ccccc1CCC(=O)NCc1cc(OC)c(OC)c(OC)c1. The molecule has 2 aromatic rings. The lowest BCUT2D eigenvalue weighted by Gasteiger charge is -2.14. The van der Waals surface area contributed by atoms with Gasteiger partial charge in [0.2, 0.25) is 11.7 Å². The van der Waals surface area contributed by atoms with Crippen molar-refractivity contribution < 1.29 is 23.7 Å². The molecule has 0 unspecified atom stereocenters. The van der Waals surface area contributed by atoms with Crippen molar-refractivity contribution in [3.8, 4) is 23.0 Å². The number of aryl methyl sites for hydroxylation is 1. The van der Waals surface area contributed by atoms with Gasteiger partial charge in [0.25, 0.3) is 0 Å². The van der Waals surface area contributed by atoms with Gasteiger partial charge >= 0.3 is 0 Å². The van der Waals surface area contributed by atoms with Gasteiger partial charge in [-0.2, -0.15) is 0 Å². The summed E-state index contributed by atoms with van der Waals surface area (Å²) in [6.07, 6.45) is 1.01. The minimum Gasteiger partial charge on any atom is -0.494 e. The number of amides is 1. The zero-order valence-electron chi connectivity index (χ0n) is 16.3. The normalized spacial score (nSPS) is 10.2. The average Bonchev–Trinajstić information content (AvgIpc) is 2.70. The van der Waals surface area contributed by atoms with E-state index < -0.39 is 0 Å². The summed E-state index contributed by atoms with van der Waals surface area (Å²) in [4.78, 5) is 12.3. The Kier molecular flexibility index (Phi) is 7.79. The zero-order valence-corrected chi connectivity index (χ0v) is 16.3. The number of carbonyl (C=O) groups is 1. The van der Waals surface area contributed by atoms with Crippen LogP contribution in [0.1, 0.15) is 24.5 Å². The van der Waals surface area contributed by atoms with Crippen LogP contribution in [0.4, 0.5) is 0 Å². The molecule has 0 aliphatic rings. The summed E-state index contributed by atoms with van der Waals surface area (Å²) >= 11 is 0. The molecule has 27 heavy (non-hydrogen) atoms. The molecule has 0 radical (unpaired) electrons. The monoisotopic (exact) mass is 373 g/mol. The molecule has 0 aliphatic heterocycles. The van der Waals surface area contributed by atoms with E-state index in [9.17, 15) is 4.79 Å². The Morgan fingerprint density at radius 2 is 1.63 bits per heavy atom. The van der Waals surface area contributed by atoms with Crippen LogP contribution in [0.3, 0.4) is 0 Å². The molecule has 0 fully saturated rings. The van der Waals surface area contributed by atoms with Crippen molar-refractivity contribution in [1.82, 2.24) is 5.32 Å². The number of para-hydroxylation sites is 1. The van der Waals surface area contributed by atoms with Gasteiger partial charge in [0.1, 0.15) is 5.75 Å². The van der Waals surface area contributed by atoms with E-state index in [0.29, 0.717) is 43.2 Å². The maximum atomic E-state index is 12.3. The highest BCUT2D eigenvalue weighted by Gasteiger charge is 2.14. The summed E-state index contributed by atoms with van der Waals surface area (Å²) < 4.78 is 21.6. The van der Waals surface area contributed by atoms with Gasteiger partial charge in [-0.25, -0.2) is 0 Å². The predicted molar refractivity (Wildman–Crippen MR) is 104 cm³/mol. The number of rotatable bonds is 10. The Balaban J connectivity index is 1.96. The molecule has 0 spiro atoms. The van der Waals surface area contributed by atoms with Gasteiger partial charge in [-0.15, -0.1) is 0 Å². The van der Waals surface area contributed by atoms with Gasteiger partial charge in [0.05, 0.1) is 27.9 Å². The topological polar surface area (TPSA) is 66.0 Å². The third-order valence-electron chi connectivity index (χ3n) is 4.11. The Labute approximate surface area is 160 Å². The van der Waals surface area contributed by atoms with Gasteiger partial charge in [0.15, 0.2) is 11.5 Å². The van der Waals surface area contributed by atoms with Crippen LogP contribution in [0.15, 0.2) is 36.4 Å². The number of hydrogen-bond donors (Lipinski definition) is 1. The average molecular weight is 373 g/mol. The van der Waals surface area contributed by atoms with Crippen LogP contribution >= 0.6 is 0 Å². The van der Waals surface area contributed by atoms with E-state index >= 15 is 0 Å². The third kappa shape index (κ3) is 5.54. The molecule has 0 heterocycles. The minimum absolute atomic E-state index is 0.0324. The summed E-state index contributed by atoms with van der Waals surface area (Å²) in [6.45, 7) is 2.92. The first kappa shape index (κ1) is 20.4. The fourth-order valence-corrected chi connectivity index (χ4v) is 2.78. The predicted octanol–water partition coefficient (Wildman–Crippen LogP) is 3.36. The Hall–Kier alpha value is -2.89. The standard InChI is InChI=1S/C21H27NO5/c1-5-27-17-9-7-6-8-16(17)10-11-20(23)22-14-15-12-18(24-2)21(26-4)19(13-15)25-3/h6-9,12-13H,5,10-11,14H2,1-4H3,(H,22,23). The largest absolute Gasteiger partial charge is 0.494 e. The highest BCUT2D eigenvalue weighted by molar-refractivity contribution is 5.76. The highest BCUT2D eigenvalue weighted by atomic mass is 16.5. The fourth-order valence-electron chi connectivity index (χ4n) is 2.78. The third-order valence-corrected chi connectivity index (χ3v) is 4.11. The number of nitrogens with one attached hydrogen (secondary N) is 1. The van der Waals surface area contributed by atoms with E-state index in [1.807, 2.05) is 43.3 Å². The van der Waals surface area contributed by atoms with Crippen molar-refractivity contribution >= 4 is 5.91 Å². The van der Waals surface area contributed by atoms with Gasteiger partial charge in [0, 0.05) is 13.0 Å². The van der Waals surface area contributed by atoms with Crippen LogP contribution in [-0.2, 0) is 17.8 Å². The number of benzene rings is 2. The van der Waals surface area contributed by atoms with Crippen LogP contribution in [0.5, 0.6) is 23.0 Å². The van der Waals surface area contributed by atoms with Gasteiger partial charge in [-0.1, -0.05) is 18.2 Å². The summed E-state index contributed by atoms with van der Waals surface area (Å²) in [5, 5.41) is 2.93. The Morgan fingerprint density at radius 1 is 0.963 bits per heavy atom. The van der Waals surface area contributed by atoms with Crippen molar-refractivity contribution in [3.05, 3.63) is 47.5 Å². The van der Waals surface area contributed by atoms with Crippen molar-refractivity contribution in [2.24, 2.45) is 0 Å². The molecule has 0 aliphatic carbocycles. The maximum absolute atomic E-state index is 12.3. The molecule has 2 aromatic carbocycles. The summed E-state index contributed by atoms with van der Waals surface area (Å²) in [7, 11) is 4.69. The molecule has 6 nitrogen and oxygen atoms in total. The Bertz CT molecular complexity index is 735. The lowest BCUT2D eigenvalue weighted by atomic mass is 10.1. The molecule has 0 aromatic heterocycles. The quantitative estimate of drug-likeness (QED) is 0.692. The molecule has 0 atom stereocenters. The molecule has 6 heteroatoms. The molecular weight excluding hydrogens is 346 g/mol. The first-order chi connectivity index (χ1) is 13.1. The van der Waals surface area contributed by atoms with Gasteiger partial charge in [-0.3, -0.25) is 4.79 Å². The van der Waals surface area contributed by atoms with E-state index in [-0.39, 0.29) is 5.91 Å². The molecule has 0 bridgehead atoms. The number of ether oxygens (including phenoxy) is 4. The molecule has 2 rings (SSSR count). The van der Waals surface area contributed by atoms with Crippen LogP contribution in [0.2, 0.25) is 0 Å². The molecule has 0 saturated carbocycles. The van der Waals surface area contributed by atoms with Crippen molar-refractivity contribution in [3.63, 3.8) is 0 Å². The summed E-state index contributed by atoms with van der Waals surface area (Å²) in [5.74, 6) is 2.45. The number of carbonyl (C=O) groups excluding carboxylic acids is 1. The maximum Gasteiger partial charge on any atom is 0.220 e. The molecule has 1 N–H and O–H groups in total. The summed E-state index contributed by atoms with van der Waals surface area (Å²) in [5.41, 5.74) is 1.90. The van der Waals surface area contributed by atoms with E-state index in [1.165, 1.54) is 0 Å². The minimum atomic E-state index is -0.0324. The van der Waals surface area contributed by atoms with Crippen molar-refractivity contribution in [2.75, 3.05) is 27.9 Å². The number of hydrogen-bond acceptors (Lipinski definition) is 5. The van der Waals surface area contributed by atoms with E-state index in [0.717, 1.165) is 16.9 Å². The lowest BCUT2D eigenvalue weighted by molar-refractivity contribution is -0.121. The summed E-state index contributed by atoms with van der Waals surface area (Å²) in [6, 6.07) is 11.4. The second kappa shape index (κ2) is 10.3. The first-order valence-corrected chi connectivity index (χ1v) is 8.89. The van der Waals surface area contributed by atoms with Gasteiger partial charge in [-0.05, 0) is 42.7 Å². The van der Waals surface area contributed by atoms with Crippen molar-refractivity contribution in [2.45, 2.75) is 26.3 Å². The smallest absolute Gasteiger partial charge is 0.220 e. The second-order valence-corrected chi connectivity index (χ2v) is 5.85. The molecule has 1 amide bonds. The van der Waals surface area contributed by atoms with Crippen molar-refractivity contribution in [1.29, 1.82) is 0 Å². The van der Waals surface area contributed by atoms with Crippen LogP contribution in [0.25, 0.3) is 0 Å². The zero-order chi connectivity index (χ0) is 19.6. The highest BCUT2D eigenvalue weighted by Crippen LogP contribution is 2.38. The van der Waals surface area contributed by atoms with Crippen LogP contribution in [0, 0.1) is 0 Å². The molecular formula is C21H27NO5.